The molecule has 6 heteroatoms. The van der Waals surface area contributed by atoms with E-state index >= 15 is 0 Å². The Labute approximate surface area is 87.9 Å². The zero-order valence-electron chi connectivity index (χ0n) is 8.56. The van der Waals surface area contributed by atoms with E-state index in [1.54, 1.807) is 0 Å². The van der Waals surface area contributed by atoms with Gasteiger partial charge in [-0.15, -0.1) is 0 Å². The molecule has 3 N–H and O–H groups in total. The lowest BCUT2D eigenvalue weighted by Gasteiger charge is -2.04. The lowest BCUT2D eigenvalue weighted by atomic mass is 10.4. The van der Waals surface area contributed by atoms with E-state index in [4.69, 9.17) is 10.5 Å². The first-order chi connectivity index (χ1) is 7.24. The number of nitrogen functional groups attached to an aromatic ring is 1. The van der Waals surface area contributed by atoms with Gasteiger partial charge < -0.3 is 15.8 Å². The van der Waals surface area contributed by atoms with Gasteiger partial charge in [0.15, 0.2) is 0 Å². The predicted octanol–water partition coefficient (Wildman–Crippen LogP) is -0.175. The third-order valence-electron chi connectivity index (χ3n) is 1.62. The number of carbonyl (C=O) groups excluding carboxylic acids is 1. The fourth-order valence-corrected chi connectivity index (χ4v) is 0.962. The van der Waals surface area contributed by atoms with Crippen molar-refractivity contribution >= 4 is 11.7 Å². The van der Waals surface area contributed by atoms with E-state index in [0.29, 0.717) is 19.8 Å². The summed E-state index contributed by atoms with van der Waals surface area (Å²) >= 11 is 0. The van der Waals surface area contributed by atoms with E-state index < -0.39 is 0 Å². The molecule has 0 aliphatic heterocycles. The van der Waals surface area contributed by atoms with Gasteiger partial charge in [0.05, 0.1) is 19.0 Å². The molecule has 15 heavy (non-hydrogen) atoms. The molecule has 0 spiro atoms. The standard InChI is InChI=1S/C9H14N4O2/c1-2-15-4-3-12-9(14)7-5-11-6-8(10)13-7/h5-6H,2-4H2,1H3,(H2,10,13)(H,12,14). The van der Waals surface area contributed by atoms with Crippen LogP contribution in [0.2, 0.25) is 0 Å². The van der Waals surface area contributed by atoms with Crippen molar-refractivity contribution in [1.29, 1.82) is 0 Å². The van der Waals surface area contributed by atoms with Crippen LogP contribution < -0.4 is 11.1 Å². The van der Waals surface area contributed by atoms with Gasteiger partial charge in [0.2, 0.25) is 0 Å². The fraction of sp³-hybridized carbons (Fsp3) is 0.444. The lowest BCUT2D eigenvalue weighted by molar-refractivity contribution is 0.0917. The highest BCUT2D eigenvalue weighted by atomic mass is 16.5. The minimum Gasteiger partial charge on any atom is -0.382 e. The van der Waals surface area contributed by atoms with Crippen LogP contribution in [-0.2, 0) is 4.74 Å². The Morgan fingerprint density at radius 2 is 2.40 bits per heavy atom. The first-order valence-corrected chi connectivity index (χ1v) is 4.67. The van der Waals surface area contributed by atoms with Crippen molar-refractivity contribution in [2.45, 2.75) is 6.92 Å². The maximum atomic E-state index is 11.4. The second kappa shape index (κ2) is 5.92. The number of nitrogens with two attached hydrogens (primary N) is 1. The van der Waals surface area contributed by atoms with Crippen molar-refractivity contribution in [1.82, 2.24) is 15.3 Å². The molecule has 82 valence electrons. The van der Waals surface area contributed by atoms with Gasteiger partial charge in [-0.2, -0.15) is 0 Å². The number of rotatable bonds is 5. The zero-order valence-corrected chi connectivity index (χ0v) is 8.56. The van der Waals surface area contributed by atoms with E-state index in [0.717, 1.165) is 0 Å². The molecule has 0 saturated carbocycles. The van der Waals surface area contributed by atoms with Gasteiger partial charge in [-0.05, 0) is 6.92 Å². The molecule has 0 aliphatic carbocycles. The minimum absolute atomic E-state index is 0.214. The number of carbonyl (C=O) groups is 1. The van der Waals surface area contributed by atoms with Crippen LogP contribution in [-0.4, -0.2) is 35.6 Å². The van der Waals surface area contributed by atoms with Crippen LogP contribution in [0.15, 0.2) is 12.4 Å². The maximum absolute atomic E-state index is 11.4. The number of nitrogens with one attached hydrogen (secondary N) is 1. The predicted molar refractivity (Wildman–Crippen MR) is 55.3 cm³/mol. The molecule has 1 amide bonds. The van der Waals surface area contributed by atoms with Gasteiger partial charge in [-0.1, -0.05) is 0 Å². The lowest BCUT2D eigenvalue weighted by Crippen LogP contribution is -2.28. The summed E-state index contributed by atoms with van der Waals surface area (Å²) in [5.74, 6) is -0.0676. The molecule has 0 saturated heterocycles. The average molecular weight is 210 g/mol. The largest absolute Gasteiger partial charge is 0.382 e. The van der Waals surface area contributed by atoms with Crippen molar-refractivity contribution in [2.75, 3.05) is 25.5 Å². The summed E-state index contributed by atoms with van der Waals surface area (Å²) in [6, 6.07) is 0. The number of nitrogens with zero attached hydrogens (tertiary/aromatic N) is 2. The van der Waals surface area contributed by atoms with Gasteiger partial charge in [-0.3, -0.25) is 9.78 Å². The highest BCUT2D eigenvalue weighted by molar-refractivity contribution is 5.92. The topological polar surface area (TPSA) is 90.1 Å². The van der Waals surface area contributed by atoms with Crippen LogP contribution in [0.4, 0.5) is 5.82 Å². The van der Waals surface area contributed by atoms with Crippen LogP contribution in [0, 0.1) is 0 Å². The number of hydrogen-bond donors (Lipinski definition) is 2. The smallest absolute Gasteiger partial charge is 0.271 e. The highest BCUT2D eigenvalue weighted by Gasteiger charge is 2.06. The summed E-state index contributed by atoms with van der Waals surface area (Å²) in [5.41, 5.74) is 5.61. The van der Waals surface area contributed by atoms with E-state index in [1.807, 2.05) is 6.92 Å². The third kappa shape index (κ3) is 3.90. The molecule has 1 aromatic rings. The SMILES string of the molecule is CCOCCNC(=O)c1cncc(N)n1. The molecule has 1 aromatic heterocycles. The summed E-state index contributed by atoms with van der Waals surface area (Å²) in [6.07, 6.45) is 2.75. The molecule has 0 aliphatic rings. The molecule has 0 unspecified atom stereocenters. The molecule has 0 fully saturated rings. The van der Waals surface area contributed by atoms with Crippen molar-refractivity contribution in [3.05, 3.63) is 18.1 Å². The van der Waals surface area contributed by atoms with Gasteiger partial charge in [0.1, 0.15) is 11.5 Å². The second-order valence-corrected chi connectivity index (χ2v) is 2.78. The Balaban J connectivity index is 2.40. The molecule has 0 aromatic carbocycles. The van der Waals surface area contributed by atoms with Crippen LogP contribution in [0.5, 0.6) is 0 Å². The average Bonchev–Trinajstić information content (AvgIpc) is 2.24. The summed E-state index contributed by atoms with van der Waals surface area (Å²) in [6.45, 7) is 3.46. The molecular formula is C9H14N4O2. The molecule has 1 heterocycles. The van der Waals surface area contributed by atoms with Gasteiger partial charge in [-0.25, -0.2) is 4.98 Å². The second-order valence-electron chi connectivity index (χ2n) is 2.78. The Morgan fingerprint density at radius 3 is 3.07 bits per heavy atom. The van der Waals surface area contributed by atoms with E-state index in [9.17, 15) is 4.79 Å². The Bertz CT molecular complexity index is 330. The number of amides is 1. The minimum atomic E-state index is -0.297. The van der Waals surface area contributed by atoms with Gasteiger partial charge in [0.25, 0.3) is 5.91 Å². The van der Waals surface area contributed by atoms with E-state index in [-0.39, 0.29) is 17.4 Å². The van der Waals surface area contributed by atoms with E-state index in [2.05, 4.69) is 15.3 Å². The molecular weight excluding hydrogens is 196 g/mol. The van der Waals surface area contributed by atoms with Gasteiger partial charge >= 0.3 is 0 Å². The first kappa shape index (κ1) is 11.4. The van der Waals surface area contributed by atoms with Crippen molar-refractivity contribution < 1.29 is 9.53 Å². The summed E-state index contributed by atoms with van der Waals surface area (Å²) in [5, 5.41) is 2.64. The monoisotopic (exact) mass is 210 g/mol. The van der Waals surface area contributed by atoms with Crippen LogP contribution in [0.25, 0.3) is 0 Å². The Morgan fingerprint density at radius 1 is 1.60 bits per heavy atom. The van der Waals surface area contributed by atoms with E-state index in [1.165, 1.54) is 12.4 Å². The molecule has 0 atom stereocenters. The fourth-order valence-electron chi connectivity index (χ4n) is 0.962. The first-order valence-electron chi connectivity index (χ1n) is 4.67. The number of ether oxygens (including phenoxy) is 1. The molecule has 0 bridgehead atoms. The molecule has 1 rings (SSSR count). The van der Waals surface area contributed by atoms with Gasteiger partial charge in [0, 0.05) is 13.2 Å². The van der Waals surface area contributed by atoms with Crippen molar-refractivity contribution in [2.24, 2.45) is 0 Å². The maximum Gasteiger partial charge on any atom is 0.271 e. The summed E-state index contributed by atoms with van der Waals surface area (Å²) in [7, 11) is 0. The summed E-state index contributed by atoms with van der Waals surface area (Å²) in [4.78, 5) is 19.0. The van der Waals surface area contributed by atoms with Crippen molar-refractivity contribution in [3.8, 4) is 0 Å². The normalized spacial score (nSPS) is 9.93. The molecule has 6 nitrogen and oxygen atoms in total. The third-order valence-corrected chi connectivity index (χ3v) is 1.62. The quantitative estimate of drug-likeness (QED) is 0.658. The summed E-state index contributed by atoms with van der Waals surface area (Å²) < 4.78 is 5.07. The number of hydrogen-bond acceptors (Lipinski definition) is 5. The van der Waals surface area contributed by atoms with Crippen LogP contribution in [0.1, 0.15) is 17.4 Å². The zero-order chi connectivity index (χ0) is 11.1. The molecule has 0 radical (unpaired) electrons. The highest BCUT2D eigenvalue weighted by Crippen LogP contribution is 1.96. The Hall–Kier alpha value is -1.69. The number of anilines is 1. The Kier molecular flexibility index (Phi) is 4.49. The van der Waals surface area contributed by atoms with Crippen molar-refractivity contribution in [3.63, 3.8) is 0 Å². The number of aromatic nitrogens is 2. The van der Waals surface area contributed by atoms with Crippen LogP contribution in [0.3, 0.4) is 0 Å². The van der Waals surface area contributed by atoms with Crippen LogP contribution >= 0.6 is 0 Å².